The number of aliphatic carboxylic acids is 1. The molecule has 0 saturated heterocycles. The largest absolute Gasteiger partial charge is 0.480 e. The van der Waals surface area contributed by atoms with E-state index in [-0.39, 0.29) is 17.6 Å². The van der Waals surface area contributed by atoms with Gasteiger partial charge in [0.25, 0.3) is 0 Å². The number of rotatable bonds is 15. The van der Waals surface area contributed by atoms with Gasteiger partial charge in [0.05, 0.1) is 0 Å². The lowest BCUT2D eigenvalue weighted by molar-refractivity contribution is -0.141. The summed E-state index contributed by atoms with van der Waals surface area (Å²) in [7, 11) is 0. The molecular weight excluding hydrogens is 424 g/mol. The number of carbonyl (C=O) groups excluding carboxylic acids is 2. The second-order valence-electron chi connectivity index (χ2n) is 8.82. The fourth-order valence-corrected chi connectivity index (χ4v) is 3.92. The molecule has 0 aliphatic heterocycles. The number of amides is 2. The van der Waals surface area contributed by atoms with Crippen LogP contribution >= 0.6 is 11.8 Å². The van der Waals surface area contributed by atoms with Crippen LogP contribution in [0.4, 0.5) is 0 Å². The lowest BCUT2D eigenvalue weighted by Crippen LogP contribution is -2.54. The highest BCUT2D eigenvalue weighted by Gasteiger charge is 2.27. The fraction of sp³-hybridized carbons (Fsp3) is 0.640. The molecule has 0 radical (unpaired) electrons. The van der Waals surface area contributed by atoms with Gasteiger partial charge in [-0.2, -0.15) is 11.8 Å². The van der Waals surface area contributed by atoms with Crippen LogP contribution in [-0.4, -0.2) is 46.5 Å². The molecule has 3 N–H and O–H groups in total. The number of carboxylic acids is 1. The second-order valence-corrected chi connectivity index (χ2v) is 9.89. The molecule has 0 aromatic heterocycles. The molecule has 2 unspecified atom stereocenters. The topological polar surface area (TPSA) is 95.5 Å². The zero-order chi connectivity index (χ0) is 24.7. The highest BCUT2D eigenvalue weighted by molar-refractivity contribution is 7.99. The quantitative estimate of drug-likeness (QED) is 0.236. The highest BCUT2D eigenvalue weighted by atomic mass is 32.2. The van der Waals surface area contributed by atoms with E-state index in [1.54, 1.807) is 13.8 Å². The Kier molecular flexibility index (Phi) is 15.5. The molecule has 0 rings (SSSR count). The summed E-state index contributed by atoms with van der Waals surface area (Å²) in [5, 5.41) is 14.6. The van der Waals surface area contributed by atoms with E-state index in [0.717, 1.165) is 25.7 Å². The maximum absolute atomic E-state index is 12.4. The monoisotopic (exact) mass is 466 g/mol. The molecule has 0 aromatic carbocycles. The van der Waals surface area contributed by atoms with Crippen LogP contribution in [-0.2, 0) is 14.4 Å². The van der Waals surface area contributed by atoms with Gasteiger partial charge in [0, 0.05) is 18.4 Å². The maximum Gasteiger partial charge on any atom is 0.327 e. The molecule has 2 atom stereocenters. The van der Waals surface area contributed by atoms with E-state index in [1.165, 1.54) is 35.4 Å². The van der Waals surface area contributed by atoms with Crippen LogP contribution in [0.15, 0.2) is 34.9 Å². The predicted octanol–water partition coefficient (Wildman–Crippen LogP) is 4.87. The first kappa shape index (κ1) is 30.0. The van der Waals surface area contributed by atoms with E-state index >= 15 is 0 Å². The smallest absolute Gasteiger partial charge is 0.327 e. The van der Waals surface area contributed by atoms with Crippen LogP contribution in [0.5, 0.6) is 0 Å². The van der Waals surface area contributed by atoms with Crippen LogP contribution in [0.1, 0.15) is 74.1 Å². The third-order valence-corrected chi connectivity index (χ3v) is 5.85. The van der Waals surface area contributed by atoms with Crippen molar-refractivity contribution in [1.29, 1.82) is 0 Å². The SMILES string of the molecule is CC(=O)NC(C(=O)NC(CSCC=C(C)CCC=C(C)CCC=C(C)C)C(=O)O)C(C)C. The zero-order valence-corrected chi connectivity index (χ0v) is 21.6. The maximum atomic E-state index is 12.4. The third kappa shape index (κ3) is 14.9. The first-order valence-corrected chi connectivity index (χ1v) is 12.4. The standard InChI is InChI=1S/C25H42N2O4S/c1-17(2)10-8-11-19(5)12-9-13-20(6)14-15-32-16-22(25(30)31)27-24(29)23(18(3)4)26-21(7)28/h10,12,14,18,22-23H,8-9,11,13,15-16H2,1-7H3,(H,26,28)(H,27,29)(H,30,31). The number of allylic oxidation sites excluding steroid dienone is 5. The van der Waals surface area contributed by atoms with Gasteiger partial charge < -0.3 is 15.7 Å². The van der Waals surface area contributed by atoms with Crippen molar-refractivity contribution < 1.29 is 19.5 Å². The van der Waals surface area contributed by atoms with E-state index in [1.807, 2.05) is 0 Å². The van der Waals surface area contributed by atoms with Crippen LogP contribution in [0.25, 0.3) is 0 Å². The van der Waals surface area contributed by atoms with Gasteiger partial charge in [0.1, 0.15) is 12.1 Å². The number of hydrogen-bond acceptors (Lipinski definition) is 4. The molecule has 2 amide bonds. The Morgan fingerprint density at radius 1 is 0.875 bits per heavy atom. The van der Waals surface area contributed by atoms with E-state index in [9.17, 15) is 19.5 Å². The summed E-state index contributed by atoms with van der Waals surface area (Å²) in [4.78, 5) is 35.3. The van der Waals surface area contributed by atoms with Gasteiger partial charge in [-0.3, -0.25) is 9.59 Å². The number of nitrogens with one attached hydrogen (secondary N) is 2. The molecule has 0 saturated carbocycles. The van der Waals surface area contributed by atoms with Crippen molar-refractivity contribution in [3.63, 3.8) is 0 Å². The molecule has 0 aliphatic carbocycles. The molecule has 0 aliphatic rings. The van der Waals surface area contributed by atoms with Crippen molar-refractivity contribution >= 4 is 29.5 Å². The minimum atomic E-state index is -1.08. The minimum Gasteiger partial charge on any atom is -0.480 e. The molecule has 0 bridgehead atoms. The summed E-state index contributed by atoms with van der Waals surface area (Å²) < 4.78 is 0. The van der Waals surface area contributed by atoms with Gasteiger partial charge >= 0.3 is 5.97 Å². The third-order valence-electron chi connectivity index (χ3n) is 4.88. The van der Waals surface area contributed by atoms with Gasteiger partial charge in [-0.15, -0.1) is 0 Å². The Labute approximate surface area is 198 Å². The summed E-state index contributed by atoms with van der Waals surface area (Å²) in [5.74, 6) is -1.06. The Balaban J connectivity index is 4.50. The predicted molar refractivity (Wildman–Crippen MR) is 135 cm³/mol. The molecule has 0 aromatic rings. The van der Waals surface area contributed by atoms with E-state index in [4.69, 9.17) is 0 Å². The van der Waals surface area contributed by atoms with Gasteiger partial charge in [0.2, 0.25) is 11.8 Å². The fourth-order valence-electron chi connectivity index (χ4n) is 2.92. The van der Waals surface area contributed by atoms with Crippen molar-refractivity contribution in [3.05, 3.63) is 34.9 Å². The lowest BCUT2D eigenvalue weighted by atomic mass is 10.0. The number of carbonyl (C=O) groups is 3. The number of hydrogen-bond donors (Lipinski definition) is 3. The van der Waals surface area contributed by atoms with Crippen LogP contribution in [0.3, 0.4) is 0 Å². The molecule has 0 heterocycles. The van der Waals surface area contributed by atoms with Crippen LogP contribution in [0.2, 0.25) is 0 Å². The van der Waals surface area contributed by atoms with Crippen LogP contribution in [0, 0.1) is 5.92 Å². The number of thioether (sulfide) groups is 1. The highest BCUT2D eigenvalue weighted by Crippen LogP contribution is 2.13. The Morgan fingerprint density at radius 3 is 1.94 bits per heavy atom. The van der Waals surface area contributed by atoms with Crippen molar-refractivity contribution in [3.8, 4) is 0 Å². The van der Waals surface area contributed by atoms with Gasteiger partial charge in [-0.05, 0) is 59.3 Å². The summed E-state index contributed by atoms with van der Waals surface area (Å²) >= 11 is 1.47. The molecule has 32 heavy (non-hydrogen) atoms. The molecule has 6 nitrogen and oxygen atoms in total. The molecule has 182 valence electrons. The van der Waals surface area contributed by atoms with Gasteiger partial charge in [-0.1, -0.05) is 48.8 Å². The first-order valence-electron chi connectivity index (χ1n) is 11.3. The Bertz CT molecular complexity index is 707. The van der Waals surface area contributed by atoms with Crippen molar-refractivity contribution in [2.24, 2.45) is 5.92 Å². The average Bonchev–Trinajstić information content (AvgIpc) is 2.67. The van der Waals surface area contributed by atoms with Gasteiger partial charge in [0.15, 0.2) is 0 Å². The Hall–Kier alpha value is -2.02. The normalized spacial score (nSPS) is 14.0. The average molecular weight is 467 g/mol. The van der Waals surface area contributed by atoms with Crippen molar-refractivity contribution in [2.45, 2.75) is 86.2 Å². The van der Waals surface area contributed by atoms with E-state index < -0.39 is 24.0 Å². The van der Waals surface area contributed by atoms with E-state index in [0.29, 0.717) is 5.75 Å². The Morgan fingerprint density at radius 2 is 1.44 bits per heavy atom. The molecule has 0 fully saturated rings. The lowest BCUT2D eigenvalue weighted by Gasteiger charge is -2.23. The molecular formula is C25H42N2O4S. The van der Waals surface area contributed by atoms with Crippen molar-refractivity contribution in [2.75, 3.05) is 11.5 Å². The summed E-state index contributed by atoms with van der Waals surface area (Å²) in [5.41, 5.74) is 4.03. The molecule has 7 heteroatoms. The summed E-state index contributed by atoms with van der Waals surface area (Å²) in [6.07, 6.45) is 10.8. The number of carboxylic acid groups (broad SMARTS) is 1. The van der Waals surface area contributed by atoms with Crippen LogP contribution < -0.4 is 10.6 Å². The second kappa shape index (κ2) is 16.6. The molecule has 0 spiro atoms. The van der Waals surface area contributed by atoms with E-state index in [2.05, 4.69) is 56.6 Å². The minimum absolute atomic E-state index is 0.142. The summed E-state index contributed by atoms with van der Waals surface area (Å²) in [6.45, 7) is 13.4. The summed E-state index contributed by atoms with van der Waals surface area (Å²) in [6, 6.07) is -1.75. The first-order chi connectivity index (χ1) is 14.9. The van der Waals surface area contributed by atoms with Crippen molar-refractivity contribution in [1.82, 2.24) is 10.6 Å². The zero-order valence-electron chi connectivity index (χ0n) is 20.8. The van der Waals surface area contributed by atoms with Gasteiger partial charge in [-0.25, -0.2) is 4.79 Å².